The van der Waals surface area contributed by atoms with Crippen LogP contribution in [0, 0.1) is 0 Å². The first kappa shape index (κ1) is 10.1. The number of anilines is 1. The minimum Gasteiger partial charge on any atom is -0.319 e. The van der Waals surface area contributed by atoms with Crippen LogP contribution in [-0.4, -0.2) is 10.9 Å². The highest BCUT2D eigenvalue weighted by Gasteiger charge is 2.08. The quantitative estimate of drug-likeness (QED) is 0.874. The molecule has 0 bridgehead atoms. The normalized spacial score (nSPS) is 9.93. The molecule has 76 valence electrons. The minimum atomic E-state index is -0.175. The average molecular weight is 239 g/mol. The van der Waals surface area contributed by atoms with Crippen LogP contribution in [0.3, 0.4) is 0 Å². The lowest BCUT2D eigenvalue weighted by Crippen LogP contribution is -2.11. The summed E-state index contributed by atoms with van der Waals surface area (Å²) in [7, 11) is 0. The van der Waals surface area contributed by atoms with Crippen molar-refractivity contribution in [3.63, 3.8) is 0 Å². The Bertz CT molecular complexity index is 470. The van der Waals surface area contributed by atoms with Gasteiger partial charge in [0.15, 0.2) is 0 Å². The second kappa shape index (κ2) is 4.42. The van der Waals surface area contributed by atoms with Crippen molar-refractivity contribution in [2.45, 2.75) is 0 Å². The topological polar surface area (TPSA) is 42.0 Å². The van der Waals surface area contributed by atoms with Gasteiger partial charge in [-0.25, -0.2) is 0 Å². The second-order valence-electron chi connectivity index (χ2n) is 2.82. The van der Waals surface area contributed by atoms with Gasteiger partial charge in [0.1, 0.15) is 0 Å². The molecule has 0 aliphatic heterocycles. The average Bonchev–Trinajstić information content (AvgIpc) is 2.74. The molecule has 0 saturated heterocycles. The van der Waals surface area contributed by atoms with Crippen LogP contribution in [0.5, 0.6) is 0 Å². The number of carbonyl (C=O) groups is 1. The van der Waals surface area contributed by atoms with E-state index in [1.807, 2.05) is 5.38 Å². The zero-order valence-corrected chi connectivity index (χ0v) is 9.18. The highest BCUT2D eigenvalue weighted by Crippen LogP contribution is 2.20. The summed E-state index contributed by atoms with van der Waals surface area (Å²) >= 11 is 7.35. The Morgan fingerprint density at radius 2 is 2.33 bits per heavy atom. The molecule has 3 nitrogen and oxygen atoms in total. The van der Waals surface area contributed by atoms with Crippen molar-refractivity contribution < 1.29 is 4.79 Å². The zero-order chi connectivity index (χ0) is 10.7. The summed E-state index contributed by atoms with van der Waals surface area (Å²) in [6.45, 7) is 0. The van der Waals surface area contributed by atoms with E-state index in [-0.39, 0.29) is 5.91 Å². The van der Waals surface area contributed by atoms with Crippen LogP contribution in [0.2, 0.25) is 5.02 Å². The maximum Gasteiger partial charge on any atom is 0.256 e. The lowest BCUT2D eigenvalue weighted by atomic mass is 10.3. The van der Waals surface area contributed by atoms with Crippen molar-refractivity contribution in [2.24, 2.45) is 0 Å². The number of rotatable bonds is 2. The van der Waals surface area contributed by atoms with E-state index >= 15 is 0 Å². The highest BCUT2D eigenvalue weighted by atomic mass is 35.5. The number of pyridine rings is 1. The van der Waals surface area contributed by atoms with E-state index in [4.69, 9.17) is 11.6 Å². The molecule has 15 heavy (non-hydrogen) atoms. The summed E-state index contributed by atoms with van der Waals surface area (Å²) < 4.78 is 0. The number of nitrogens with zero attached hydrogens (tertiary/aromatic N) is 1. The molecule has 0 aliphatic rings. The van der Waals surface area contributed by atoms with Crippen molar-refractivity contribution >= 4 is 34.5 Å². The zero-order valence-electron chi connectivity index (χ0n) is 7.61. The third-order valence-corrected chi connectivity index (χ3v) is 2.81. The van der Waals surface area contributed by atoms with Crippen molar-refractivity contribution in [2.75, 3.05) is 5.32 Å². The lowest BCUT2D eigenvalue weighted by Gasteiger charge is -2.04. The van der Waals surface area contributed by atoms with Gasteiger partial charge in [-0.2, -0.15) is 11.3 Å². The molecule has 5 heteroatoms. The summed E-state index contributed by atoms with van der Waals surface area (Å²) in [5, 5.41) is 6.79. The summed E-state index contributed by atoms with van der Waals surface area (Å²) in [4.78, 5) is 15.5. The van der Waals surface area contributed by atoms with Gasteiger partial charge in [-0.1, -0.05) is 11.6 Å². The van der Waals surface area contributed by atoms with Gasteiger partial charge < -0.3 is 5.32 Å². The predicted molar refractivity (Wildman–Crippen MR) is 61.5 cm³/mol. The van der Waals surface area contributed by atoms with Gasteiger partial charge in [0.05, 0.1) is 22.5 Å². The Labute approximate surface area is 95.7 Å². The van der Waals surface area contributed by atoms with E-state index < -0.39 is 0 Å². The van der Waals surface area contributed by atoms with E-state index in [1.165, 1.54) is 17.5 Å². The Morgan fingerprint density at radius 3 is 3.00 bits per heavy atom. The largest absolute Gasteiger partial charge is 0.319 e. The first-order valence-corrected chi connectivity index (χ1v) is 5.52. The number of hydrogen-bond donors (Lipinski definition) is 1. The number of hydrogen-bond acceptors (Lipinski definition) is 3. The Balaban J connectivity index is 2.17. The minimum absolute atomic E-state index is 0.175. The Morgan fingerprint density at radius 1 is 1.47 bits per heavy atom. The molecule has 0 unspecified atom stereocenters. The fraction of sp³-hybridized carbons (Fsp3) is 0. The van der Waals surface area contributed by atoms with Crippen LogP contribution in [0.1, 0.15) is 10.4 Å². The van der Waals surface area contributed by atoms with E-state index in [1.54, 1.807) is 23.7 Å². The third-order valence-electron chi connectivity index (χ3n) is 1.80. The lowest BCUT2D eigenvalue weighted by molar-refractivity contribution is 0.102. The summed E-state index contributed by atoms with van der Waals surface area (Å²) in [6.07, 6.45) is 3.09. The summed E-state index contributed by atoms with van der Waals surface area (Å²) in [5.74, 6) is -0.175. The highest BCUT2D eigenvalue weighted by molar-refractivity contribution is 7.08. The molecule has 1 N–H and O–H groups in total. The molecule has 0 saturated carbocycles. The maximum atomic E-state index is 11.6. The molecule has 2 aromatic rings. The number of aromatic nitrogens is 1. The third kappa shape index (κ3) is 2.34. The molecular formula is C10H7ClN2OS. The van der Waals surface area contributed by atoms with Gasteiger partial charge in [-0.15, -0.1) is 0 Å². The molecule has 2 aromatic heterocycles. The van der Waals surface area contributed by atoms with Crippen LogP contribution in [0.25, 0.3) is 0 Å². The van der Waals surface area contributed by atoms with Crippen LogP contribution in [-0.2, 0) is 0 Å². The van der Waals surface area contributed by atoms with Gasteiger partial charge in [0.25, 0.3) is 5.91 Å². The molecule has 2 heterocycles. The molecule has 0 fully saturated rings. The van der Waals surface area contributed by atoms with Gasteiger partial charge in [-0.3, -0.25) is 9.78 Å². The van der Waals surface area contributed by atoms with Gasteiger partial charge in [0, 0.05) is 11.6 Å². The predicted octanol–water partition coefficient (Wildman–Crippen LogP) is 3.05. The molecular weight excluding hydrogens is 232 g/mol. The Kier molecular flexibility index (Phi) is 2.99. The maximum absolute atomic E-state index is 11.6. The molecule has 0 radical (unpaired) electrons. The smallest absolute Gasteiger partial charge is 0.256 e. The molecule has 2 rings (SSSR count). The molecule has 0 aliphatic carbocycles. The number of nitrogens with one attached hydrogen (secondary N) is 1. The van der Waals surface area contributed by atoms with Gasteiger partial charge in [-0.05, 0) is 17.5 Å². The standard InChI is InChI=1S/C10H7ClN2OS/c11-8-1-3-12-5-9(8)13-10(14)7-2-4-15-6-7/h1-6H,(H,13,14). The van der Waals surface area contributed by atoms with E-state index in [2.05, 4.69) is 10.3 Å². The van der Waals surface area contributed by atoms with Gasteiger partial charge >= 0.3 is 0 Å². The van der Waals surface area contributed by atoms with Crippen LogP contribution in [0.4, 0.5) is 5.69 Å². The number of thiophene rings is 1. The van der Waals surface area contributed by atoms with Crippen molar-refractivity contribution in [1.29, 1.82) is 0 Å². The monoisotopic (exact) mass is 238 g/mol. The molecule has 0 aromatic carbocycles. The fourth-order valence-corrected chi connectivity index (χ4v) is 1.85. The number of halogens is 1. The second-order valence-corrected chi connectivity index (χ2v) is 4.01. The van der Waals surface area contributed by atoms with Crippen molar-refractivity contribution in [3.8, 4) is 0 Å². The van der Waals surface area contributed by atoms with Crippen LogP contribution in [0.15, 0.2) is 35.3 Å². The van der Waals surface area contributed by atoms with Crippen molar-refractivity contribution in [1.82, 2.24) is 4.98 Å². The van der Waals surface area contributed by atoms with Gasteiger partial charge in [0.2, 0.25) is 0 Å². The van der Waals surface area contributed by atoms with Crippen molar-refractivity contribution in [3.05, 3.63) is 45.9 Å². The summed E-state index contributed by atoms with van der Waals surface area (Å²) in [5.41, 5.74) is 1.15. The van der Waals surface area contributed by atoms with E-state index in [9.17, 15) is 4.79 Å². The summed E-state index contributed by atoms with van der Waals surface area (Å²) in [6, 6.07) is 3.38. The van der Waals surface area contributed by atoms with Crippen LogP contribution < -0.4 is 5.32 Å². The molecule has 0 atom stereocenters. The first-order valence-electron chi connectivity index (χ1n) is 4.20. The van der Waals surface area contributed by atoms with E-state index in [0.29, 0.717) is 16.3 Å². The fourth-order valence-electron chi connectivity index (χ4n) is 1.06. The van der Waals surface area contributed by atoms with E-state index in [0.717, 1.165) is 0 Å². The molecule has 0 spiro atoms. The molecule has 1 amide bonds. The Hall–Kier alpha value is -1.39. The number of carbonyl (C=O) groups excluding carboxylic acids is 1. The SMILES string of the molecule is O=C(Nc1cnccc1Cl)c1ccsc1. The first-order chi connectivity index (χ1) is 7.27. The van der Waals surface area contributed by atoms with Crippen LogP contribution >= 0.6 is 22.9 Å². The number of amides is 1.